The normalized spacial score (nSPS) is 14.1. The summed E-state index contributed by atoms with van der Waals surface area (Å²) in [4.78, 5) is 16.4. The zero-order valence-corrected chi connectivity index (χ0v) is 13.3. The summed E-state index contributed by atoms with van der Waals surface area (Å²) >= 11 is 1.39. The molecule has 1 aromatic carbocycles. The number of benzene rings is 1. The predicted molar refractivity (Wildman–Crippen MR) is 85.6 cm³/mol. The zero-order chi connectivity index (χ0) is 15.7. The van der Waals surface area contributed by atoms with Gasteiger partial charge in [0.1, 0.15) is 0 Å². The molecule has 1 amide bonds. The van der Waals surface area contributed by atoms with Gasteiger partial charge in [0, 0.05) is 16.8 Å². The lowest BCUT2D eigenvalue weighted by Crippen LogP contribution is -2.20. The first-order valence-corrected chi connectivity index (χ1v) is 8.93. The lowest BCUT2D eigenvalue weighted by atomic mass is 10.3. The molecule has 6 nitrogen and oxygen atoms in total. The molecule has 0 spiro atoms. The van der Waals surface area contributed by atoms with Gasteiger partial charge in [-0.2, -0.15) is 0 Å². The summed E-state index contributed by atoms with van der Waals surface area (Å²) in [6.45, 7) is 1.78. The number of hydrogen-bond acceptors (Lipinski definition) is 5. The van der Waals surface area contributed by atoms with E-state index >= 15 is 0 Å². The number of pyridine rings is 1. The van der Waals surface area contributed by atoms with E-state index in [9.17, 15) is 13.2 Å². The highest BCUT2D eigenvalue weighted by molar-refractivity contribution is 8.00. The molecular weight excluding hydrogens is 322 g/mol. The van der Waals surface area contributed by atoms with E-state index in [2.05, 4.69) is 15.0 Å². The monoisotopic (exact) mass is 335 g/mol. The summed E-state index contributed by atoms with van der Waals surface area (Å²) in [5, 5.41) is 2.68. The molecule has 0 fully saturated rings. The molecule has 1 aliphatic heterocycles. The third-order valence-corrected chi connectivity index (χ3v) is 5.50. The number of sulfonamides is 1. The molecule has 114 valence electrons. The van der Waals surface area contributed by atoms with Crippen molar-refractivity contribution in [1.82, 2.24) is 4.98 Å². The molecule has 0 bridgehead atoms. The maximum atomic E-state index is 12.4. The van der Waals surface area contributed by atoms with Crippen molar-refractivity contribution in [3.05, 3.63) is 42.2 Å². The van der Waals surface area contributed by atoms with Crippen molar-refractivity contribution in [1.29, 1.82) is 0 Å². The molecule has 2 aromatic rings. The highest BCUT2D eigenvalue weighted by Gasteiger charge is 2.20. The highest BCUT2D eigenvalue weighted by atomic mass is 32.2. The van der Waals surface area contributed by atoms with Crippen LogP contribution in [0.5, 0.6) is 0 Å². The third-order valence-electron chi connectivity index (χ3n) is 3.04. The lowest BCUT2D eigenvalue weighted by molar-refractivity contribution is -0.113. The average Bonchev–Trinajstić information content (AvgIpc) is 2.46. The Morgan fingerprint density at radius 3 is 2.86 bits per heavy atom. The first kappa shape index (κ1) is 14.9. The average molecular weight is 335 g/mol. The van der Waals surface area contributed by atoms with Gasteiger partial charge in [-0.1, -0.05) is 0 Å². The molecule has 0 aliphatic carbocycles. The molecule has 2 heterocycles. The fourth-order valence-corrected chi connectivity index (χ4v) is 3.92. The molecule has 1 aliphatic rings. The Kier molecular flexibility index (Phi) is 3.79. The van der Waals surface area contributed by atoms with Crippen LogP contribution in [0.3, 0.4) is 0 Å². The van der Waals surface area contributed by atoms with Crippen LogP contribution in [0.15, 0.2) is 46.3 Å². The Labute approximate surface area is 132 Å². The topological polar surface area (TPSA) is 88.2 Å². The zero-order valence-electron chi connectivity index (χ0n) is 11.7. The van der Waals surface area contributed by atoms with Gasteiger partial charge in [0.15, 0.2) is 0 Å². The van der Waals surface area contributed by atoms with Crippen LogP contribution in [0.2, 0.25) is 0 Å². The summed E-state index contributed by atoms with van der Waals surface area (Å²) in [6.07, 6.45) is 1.54. The molecule has 0 saturated heterocycles. The fraction of sp³-hybridized carbons (Fsp3) is 0.143. The minimum atomic E-state index is -3.72. The van der Waals surface area contributed by atoms with Crippen molar-refractivity contribution >= 4 is 39.1 Å². The third kappa shape index (κ3) is 3.07. The number of rotatable bonds is 3. The van der Waals surface area contributed by atoms with Crippen LogP contribution in [0.25, 0.3) is 0 Å². The van der Waals surface area contributed by atoms with Crippen molar-refractivity contribution in [2.75, 3.05) is 15.8 Å². The Morgan fingerprint density at radius 2 is 2.09 bits per heavy atom. The maximum Gasteiger partial charge on any atom is 0.261 e. The quantitative estimate of drug-likeness (QED) is 0.898. The van der Waals surface area contributed by atoms with E-state index in [-0.39, 0.29) is 10.8 Å². The Balaban J connectivity index is 1.92. The molecular formula is C14H13N3O3S2. The Hall–Kier alpha value is -2.06. The summed E-state index contributed by atoms with van der Waals surface area (Å²) in [5.41, 5.74) is 1.69. The van der Waals surface area contributed by atoms with E-state index < -0.39 is 10.0 Å². The van der Waals surface area contributed by atoms with Gasteiger partial charge in [-0.15, -0.1) is 11.8 Å². The van der Waals surface area contributed by atoms with E-state index in [0.717, 1.165) is 4.90 Å². The summed E-state index contributed by atoms with van der Waals surface area (Å²) in [5.74, 6) is 0.206. The molecule has 0 radical (unpaired) electrons. The first-order valence-electron chi connectivity index (χ1n) is 6.46. The van der Waals surface area contributed by atoms with Gasteiger partial charge in [-0.3, -0.25) is 14.5 Å². The molecule has 0 unspecified atom stereocenters. The summed E-state index contributed by atoms with van der Waals surface area (Å²) in [6, 6.07) is 7.93. The van der Waals surface area contributed by atoms with Crippen LogP contribution in [-0.4, -0.2) is 25.1 Å². The summed E-state index contributed by atoms with van der Waals surface area (Å²) < 4.78 is 27.4. The molecule has 2 N–H and O–H groups in total. The molecule has 0 saturated carbocycles. The number of aryl methyl sites for hydroxylation is 1. The molecule has 0 atom stereocenters. The van der Waals surface area contributed by atoms with E-state index in [4.69, 9.17) is 0 Å². The number of carbonyl (C=O) groups is 1. The van der Waals surface area contributed by atoms with Crippen LogP contribution >= 0.6 is 11.8 Å². The number of fused-ring (bicyclic) bond motifs is 1. The number of nitrogens with zero attached hydrogens (tertiary/aromatic N) is 1. The standard InChI is InChI=1S/C14H13N3O3S2/c1-9-6-10(4-5-15-9)17-22(19,20)11-2-3-13-12(7-11)16-14(18)8-21-13/h2-7H,8H2,1H3,(H,15,17)(H,16,18). The second-order valence-corrected chi connectivity index (χ2v) is 7.49. The van der Waals surface area contributed by atoms with Crippen LogP contribution in [0.1, 0.15) is 5.69 Å². The van der Waals surface area contributed by atoms with Crippen LogP contribution in [0.4, 0.5) is 11.4 Å². The van der Waals surface area contributed by atoms with Crippen LogP contribution in [-0.2, 0) is 14.8 Å². The minimum Gasteiger partial charge on any atom is -0.324 e. The van der Waals surface area contributed by atoms with Crippen molar-refractivity contribution in [2.45, 2.75) is 16.7 Å². The second kappa shape index (κ2) is 5.62. The predicted octanol–water partition coefficient (Wildman–Crippen LogP) is 2.24. The lowest BCUT2D eigenvalue weighted by Gasteiger charge is -2.17. The maximum absolute atomic E-state index is 12.4. The van der Waals surface area contributed by atoms with Crippen molar-refractivity contribution in [3.63, 3.8) is 0 Å². The Bertz CT molecular complexity index is 850. The molecule has 8 heteroatoms. The smallest absolute Gasteiger partial charge is 0.261 e. The van der Waals surface area contributed by atoms with Crippen molar-refractivity contribution < 1.29 is 13.2 Å². The number of nitrogens with one attached hydrogen (secondary N) is 2. The van der Waals surface area contributed by atoms with Gasteiger partial charge in [-0.05, 0) is 37.3 Å². The largest absolute Gasteiger partial charge is 0.324 e. The van der Waals surface area contributed by atoms with Crippen LogP contribution in [0, 0.1) is 6.92 Å². The molecule has 1 aromatic heterocycles. The van der Waals surface area contributed by atoms with E-state index in [1.807, 2.05) is 0 Å². The van der Waals surface area contributed by atoms with Crippen molar-refractivity contribution in [2.24, 2.45) is 0 Å². The van der Waals surface area contributed by atoms with Crippen LogP contribution < -0.4 is 10.0 Å². The SMILES string of the molecule is Cc1cc(NS(=O)(=O)c2ccc3c(c2)NC(=O)CS3)ccn1. The van der Waals surface area contributed by atoms with E-state index in [1.54, 1.807) is 25.1 Å². The number of amides is 1. The number of hydrogen-bond donors (Lipinski definition) is 2. The molecule has 3 rings (SSSR count). The van der Waals surface area contributed by atoms with Crippen molar-refractivity contribution in [3.8, 4) is 0 Å². The Morgan fingerprint density at radius 1 is 1.27 bits per heavy atom. The number of anilines is 2. The van der Waals surface area contributed by atoms with Gasteiger partial charge in [-0.25, -0.2) is 8.42 Å². The van der Waals surface area contributed by atoms with Gasteiger partial charge < -0.3 is 5.32 Å². The molecule has 22 heavy (non-hydrogen) atoms. The number of thioether (sulfide) groups is 1. The first-order chi connectivity index (χ1) is 10.4. The van der Waals surface area contributed by atoms with Gasteiger partial charge in [0.25, 0.3) is 10.0 Å². The van der Waals surface area contributed by atoms with Gasteiger partial charge in [0.2, 0.25) is 5.91 Å². The van der Waals surface area contributed by atoms with Gasteiger partial charge in [0.05, 0.1) is 22.0 Å². The van der Waals surface area contributed by atoms with E-state index in [1.165, 1.54) is 30.1 Å². The second-order valence-electron chi connectivity index (χ2n) is 4.79. The number of aromatic nitrogens is 1. The number of carbonyl (C=O) groups excluding carboxylic acids is 1. The van der Waals surface area contributed by atoms with Gasteiger partial charge >= 0.3 is 0 Å². The fourth-order valence-electron chi connectivity index (χ4n) is 2.05. The highest BCUT2D eigenvalue weighted by Crippen LogP contribution is 2.33. The minimum absolute atomic E-state index is 0.100. The van der Waals surface area contributed by atoms with E-state index in [0.29, 0.717) is 22.8 Å². The summed E-state index contributed by atoms with van der Waals surface area (Å²) in [7, 11) is -3.72.